The van der Waals surface area contributed by atoms with E-state index in [1.54, 1.807) is 4.83 Å². The molecule has 6 nitrogen and oxygen atoms in total. The summed E-state index contributed by atoms with van der Waals surface area (Å²) < 4.78 is 48.8. The molecule has 0 aromatic carbocycles. The Hall–Kier alpha value is -1.84. The number of rotatable bonds is 3. The molecule has 1 atom stereocenters. The van der Waals surface area contributed by atoms with Crippen LogP contribution in [0.2, 0.25) is 0 Å². The van der Waals surface area contributed by atoms with Crippen LogP contribution in [0.1, 0.15) is 18.2 Å². The number of nitrogens with zero attached hydrogens (tertiary/aromatic N) is 2. The molecule has 10 heteroatoms. The summed E-state index contributed by atoms with van der Waals surface area (Å²) in [5.41, 5.74) is -0.955. The van der Waals surface area contributed by atoms with Crippen molar-refractivity contribution in [3.05, 3.63) is 39.7 Å². The number of hydrazine groups is 1. The molecule has 19 heavy (non-hydrogen) atoms. The number of nitro groups is 1. The van der Waals surface area contributed by atoms with Crippen molar-refractivity contribution in [3.8, 4) is 0 Å². The predicted molar refractivity (Wildman–Crippen MR) is 63.2 cm³/mol. The average Bonchev–Trinajstić information content (AvgIpc) is 2.25. The zero-order chi connectivity index (χ0) is 14.8. The normalized spacial score (nSPS) is 14.6. The molecule has 0 aliphatic heterocycles. The number of hydrogen-bond acceptors (Lipinski definition) is 4. The van der Waals surface area contributed by atoms with Gasteiger partial charge in [-0.1, -0.05) is 10.9 Å². The highest BCUT2D eigenvalue weighted by molar-refractivity contribution is 8.00. The van der Waals surface area contributed by atoms with Gasteiger partial charge in [-0.2, -0.15) is 13.2 Å². The van der Waals surface area contributed by atoms with E-state index < -0.39 is 26.6 Å². The molecule has 0 amide bonds. The lowest BCUT2D eigenvalue weighted by molar-refractivity contribution is -0.518. The van der Waals surface area contributed by atoms with Gasteiger partial charge in [0.2, 0.25) is 0 Å². The minimum atomic E-state index is -4.57. The van der Waals surface area contributed by atoms with Crippen LogP contribution >= 0.6 is 0 Å². The summed E-state index contributed by atoms with van der Waals surface area (Å²) in [5.74, 6) is 0. The minimum absolute atomic E-state index is 0.0467. The quantitative estimate of drug-likeness (QED) is 0.394. The van der Waals surface area contributed by atoms with Gasteiger partial charge in [0.15, 0.2) is 5.03 Å². The second-order valence-corrected chi connectivity index (χ2v) is 6.16. The first-order valence-corrected chi connectivity index (χ1v) is 6.79. The van der Waals surface area contributed by atoms with Crippen LogP contribution in [0, 0.1) is 10.1 Å². The number of halogens is 3. The number of hydrogen-bond donors (Lipinski definition) is 1. The molecule has 0 saturated carbocycles. The fourth-order valence-corrected chi connectivity index (χ4v) is 2.20. The molecule has 1 aromatic heterocycles. The van der Waals surface area contributed by atoms with Crippen LogP contribution in [0.3, 0.4) is 0 Å². The molecule has 1 aromatic rings. The highest BCUT2D eigenvalue weighted by Crippen LogP contribution is 2.27. The lowest BCUT2D eigenvalue weighted by atomic mass is 10.2. The third-order valence-corrected chi connectivity index (χ3v) is 4.20. The molecule has 0 bridgehead atoms. The van der Waals surface area contributed by atoms with Crippen molar-refractivity contribution in [2.45, 2.75) is 13.1 Å². The van der Waals surface area contributed by atoms with Crippen LogP contribution in [0.15, 0.2) is 18.3 Å². The average molecular weight is 297 g/mol. The first kappa shape index (κ1) is 15.2. The lowest BCUT2D eigenvalue weighted by Crippen LogP contribution is -2.32. The standard InChI is InChI=1S/C9H10F3N3O3S/c1-6(19(2,18)14-15(16)17)7-3-4-8(13-5-7)9(10,11)12/h3-5H,1-2H3,(H,14,18). The minimum Gasteiger partial charge on any atom is -0.251 e. The summed E-state index contributed by atoms with van der Waals surface area (Å²) in [6.45, 7) is 1.32. The summed E-state index contributed by atoms with van der Waals surface area (Å²) in [6.07, 6.45) is -2.61. The lowest BCUT2D eigenvalue weighted by Gasteiger charge is -2.09. The van der Waals surface area contributed by atoms with Gasteiger partial charge in [0, 0.05) is 22.9 Å². The predicted octanol–water partition coefficient (Wildman–Crippen LogP) is 1.25. The molecule has 1 unspecified atom stereocenters. The third kappa shape index (κ3) is 3.81. The summed E-state index contributed by atoms with van der Waals surface area (Å²) in [4.78, 5) is 15.1. The monoisotopic (exact) mass is 297 g/mol. The summed E-state index contributed by atoms with van der Waals surface area (Å²) in [6, 6.07) is 1.79. The second kappa shape index (κ2) is 5.03. The molecular weight excluding hydrogens is 287 g/mol. The summed E-state index contributed by atoms with van der Waals surface area (Å²) in [7, 11) is -3.16. The molecule has 0 radical (unpaired) electrons. The topological polar surface area (TPSA) is 85.1 Å². The van der Waals surface area contributed by atoms with E-state index in [4.69, 9.17) is 0 Å². The molecule has 1 N–H and O–H groups in total. The van der Waals surface area contributed by atoms with E-state index in [2.05, 4.69) is 4.98 Å². The molecule has 0 aliphatic carbocycles. The molecule has 1 heterocycles. The number of nitrogens with one attached hydrogen (secondary N) is 1. The van der Waals surface area contributed by atoms with Crippen LogP contribution in [0.5, 0.6) is 0 Å². The van der Waals surface area contributed by atoms with Crippen molar-refractivity contribution in [3.63, 3.8) is 0 Å². The van der Waals surface area contributed by atoms with Crippen LogP contribution in [-0.4, -0.2) is 25.3 Å². The second-order valence-electron chi connectivity index (χ2n) is 3.68. The zero-order valence-corrected chi connectivity index (χ0v) is 10.7. The first-order valence-electron chi connectivity index (χ1n) is 4.82. The fourth-order valence-electron chi connectivity index (χ4n) is 1.21. The van der Waals surface area contributed by atoms with Crippen molar-refractivity contribution in [2.75, 3.05) is 6.26 Å². The van der Waals surface area contributed by atoms with Gasteiger partial charge in [-0.05, 0) is 13.0 Å². The Morgan fingerprint density at radius 2 is 2.05 bits per heavy atom. The van der Waals surface area contributed by atoms with Gasteiger partial charge in [0.05, 0.1) is 0 Å². The van der Waals surface area contributed by atoms with Crippen LogP contribution in [0.25, 0.3) is 0 Å². The maximum absolute atomic E-state index is 12.3. The highest BCUT2D eigenvalue weighted by atomic mass is 32.2. The Labute approximate surface area is 106 Å². The van der Waals surface area contributed by atoms with Gasteiger partial charge >= 0.3 is 6.18 Å². The van der Waals surface area contributed by atoms with Gasteiger partial charge in [-0.15, -0.1) is 0 Å². The van der Waals surface area contributed by atoms with Gasteiger partial charge < -0.3 is 0 Å². The Kier molecular flexibility index (Phi) is 4.03. The van der Waals surface area contributed by atoms with Crippen LogP contribution < -0.4 is 4.83 Å². The van der Waals surface area contributed by atoms with E-state index in [9.17, 15) is 27.5 Å². The summed E-state index contributed by atoms with van der Waals surface area (Å²) >= 11 is 0. The Balaban J connectivity index is 3.22. The molecule has 0 spiro atoms. The number of alkyl halides is 3. The fraction of sp³-hybridized carbons (Fsp3) is 0.333. The van der Waals surface area contributed by atoms with E-state index >= 15 is 0 Å². The van der Waals surface area contributed by atoms with Crippen LogP contribution in [-0.2, 0) is 15.9 Å². The molecule has 106 valence electrons. The largest absolute Gasteiger partial charge is 0.433 e. The van der Waals surface area contributed by atoms with Gasteiger partial charge in [0.25, 0.3) is 0 Å². The van der Waals surface area contributed by atoms with E-state index in [0.717, 1.165) is 24.6 Å². The van der Waals surface area contributed by atoms with Gasteiger partial charge in [0.1, 0.15) is 15.4 Å². The Morgan fingerprint density at radius 3 is 2.42 bits per heavy atom. The number of pyridine rings is 1. The van der Waals surface area contributed by atoms with Crippen molar-refractivity contribution in [1.82, 2.24) is 9.82 Å². The van der Waals surface area contributed by atoms with Crippen molar-refractivity contribution < 1.29 is 22.4 Å². The maximum Gasteiger partial charge on any atom is 0.433 e. The zero-order valence-electron chi connectivity index (χ0n) is 9.89. The molecule has 0 aliphatic rings. The van der Waals surface area contributed by atoms with Crippen molar-refractivity contribution in [1.29, 1.82) is 0 Å². The smallest absolute Gasteiger partial charge is 0.251 e. The van der Waals surface area contributed by atoms with E-state index in [0.29, 0.717) is 0 Å². The van der Waals surface area contributed by atoms with E-state index in [1.807, 2.05) is 0 Å². The third-order valence-electron chi connectivity index (χ3n) is 2.29. The Morgan fingerprint density at radius 1 is 1.47 bits per heavy atom. The van der Waals surface area contributed by atoms with Crippen molar-refractivity contribution >= 4 is 14.6 Å². The number of aromatic nitrogens is 1. The van der Waals surface area contributed by atoms with E-state index in [-0.39, 0.29) is 10.4 Å². The van der Waals surface area contributed by atoms with Gasteiger partial charge in [-0.3, -0.25) is 4.98 Å². The first-order chi connectivity index (χ1) is 8.54. The molecule has 0 fully saturated rings. The van der Waals surface area contributed by atoms with Crippen LogP contribution in [0.4, 0.5) is 13.2 Å². The summed E-state index contributed by atoms with van der Waals surface area (Å²) in [5, 5.41) is 9.30. The van der Waals surface area contributed by atoms with Gasteiger partial charge in [-0.25, -0.2) is 14.3 Å². The molecule has 1 rings (SSSR count). The SMILES string of the molecule is CC(c1ccc(C(F)(F)F)nc1)=S(C)(=O)N[N+](=O)[O-]. The molecule has 0 saturated heterocycles. The van der Waals surface area contributed by atoms with E-state index in [1.165, 1.54) is 6.92 Å². The van der Waals surface area contributed by atoms with Crippen molar-refractivity contribution in [2.24, 2.45) is 0 Å². The highest BCUT2D eigenvalue weighted by Gasteiger charge is 2.32. The molecular formula is C9H10F3N3O3S. The Bertz CT molecular complexity index is 603. The maximum atomic E-state index is 12.3.